The van der Waals surface area contributed by atoms with Gasteiger partial charge in [-0.25, -0.2) is 17.5 Å². The van der Waals surface area contributed by atoms with Crippen LogP contribution in [0, 0.1) is 5.82 Å². The summed E-state index contributed by atoms with van der Waals surface area (Å²) in [5, 5.41) is 2.89. The van der Waals surface area contributed by atoms with Crippen LogP contribution in [0.4, 0.5) is 10.1 Å². The summed E-state index contributed by atoms with van der Waals surface area (Å²) in [4.78, 5) is 15.2. The van der Waals surface area contributed by atoms with E-state index in [0.29, 0.717) is 38.0 Å². The van der Waals surface area contributed by atoms with Crippen LogP contribution in [-0.2, 0) is 16.6 Å². The number of benzene rings is 3. The van der Waals surface area contributed by atoms with E-state index in [1.807, 2.05) is 18.2 Å². The molecule has 2 N–H and O–H groups in total. The number of hydrogen-bond acceptors (Lipinski definition) is 4. The summed E-state index contributed by atoms with van der Waals surface area (Å²) < 4.78 is 41.1. The average Bonchev–Trinajstić information content (AvgIpc) is 2.84. The fourth-order valence-corrected chi connectivity index (χ4v) is 5.27. The zero-order valence-electron chi connectivity index (χ0n) is 18.1. The number of piperidine rings is 1. The second kappa shape index (κ2) is 10.1. The van der Waals surface area contributed by atoms with Gasteiger partial charge in [0, 0.05) is 31.4 Å². The Kier molecular flexibility index (Phi) is 7.05. The SMILES string of the molecule is O=C(NCc1ccc(F)cc1)c1ccccc1N1CCC(NS(=O)(=O)c2ccccc2)CC1. The molecule has 0 radical (unpaired) electrons. The van der Waals surface area contributed by atoms with Crippen LogP contribution in [0.2, 0.25) is 0 Å². The number of nitrogens with zero attached hydrogens (tertiary/aromatic N) is 1. The minimum Gasteiger partial charge on any atom is -0.371 e. The first kappa shape index (κ1) is 22.9. The van der Waals surface area contributed by atoms with Crippen LogP contribution in [0.25, 0.3) is 0 Å². The third-order valence-electron chi connectivity index (χ3n) is 5.73. The molecule has 1 fully saturated rings. The van der Waals surface area contributed by atoms with Crippen LogP contribution in [0.15, 0.2) is 83.8 Å². The van der Waals surface area contributed by atoms with Crippen molar-refractivity contribution in [3.05, 3.63) is 95.8 Å². The number of nitrogens with one attached hydrogen (secondary N) is 2. The van der Waals surface area contributed by atoms with E-state index in [9.17, 15) is 17.6 Å². The van der Waals surface area contributed by atoms with Crippen LogP contribution in [0.5, 0.6) is 0 Å². The van der Waals surface area contributed by atoms with Crippen molar-refractivity contribution in [2.24, 2.45) is 0 Å². The van der Waals surface area contributed by atoms with E-state index >= 15 is 0 Å². The minimum atomic E-state index is -3.56. The van der Waals surface area contributed by atoms with E-state index in [2.05, 4.69) is 14.9 Å². The number of sulfonamides is 1. The molecule has 0 aliphatic carbocycles. The Hall–Kier alpha value is -3.23. The normalized spacial score (nSPS) is 14.8. The maximum atomic E-state index is 13.1. The van der Waals surface area contributed by atoms with Crippen molar-refractivity contribution in [2.45, 2.75) is 30.3 Å². The molecule has 0 saturated carbocycles. The maximum absolute atomic E-state index is 13.1. The molecule has 33 heavy (non-hydrogen) atoms. The van der Waals surface area contributed by atoms with Gasteiger partial charge >= 0.3 is 0 Å². The smallest absolute Gasteiger partial charge is 0.253 e. The predicted octanol–water partition coefficient (Wildman–Crippen LogP) is 3.70. The molecule has 3 aromatic rings. The fourth-order valence-electron chi connectivity index (χ4n) is 3.95. The predicted molar refractivity (Wildman–Crippen MR) is 126 cm³/mol. The van der Waals surface area contributed by atoms with E-state index < -0.39 is 10.0 Å². The van der Waals surface area contributed by atoms with Crippen molar-refractivity contribution in [3.8, 4) is 0 Å². The quantitative estimate of drug-likeness (QED) is 0.555. The van der Waals surface area contributed by atoms with Crippen LogP contribution >= 0.6 is 0 Å². The lowest BCUT2D eigenvalue weighted by Crippen LogP contribution is -2.45. The molecule has 0 unspecified atom stereocenters. The molecule has 8 heteroatoms. The second-order valence-electron chi connectivity index (χ2n) is 8.02. The maximum Gasteiger partial charge on any atom is 0.253 e. The lowest BCUT2D eigenvalue weighted by atomic mass is 10.0. The highest BCUT2D eigenvalue weighted by Gasteiger charge is 2.26. The summed E-state index contributed by atoms with van der Waals surface area (Å²) in [6.45, 7) is 1.56. The summed E-state index contributed by atoms with van der Waals surface area (Å²) in [7, 11) is -3.56. The van der Waals surface area contributed by atoms with Gasteiger partial charge in [0.15, 0.2) is 0 Å². The number of anilines is 1. The van der Waals surface area contributed by atoms with Crippen LogP contribution in [-0.4, -0.2) is 33.5 Å². The summed E-state index contributed by atoms with van der Waals surface area (Å²) in [6, 6.07) is 21.6. The standard InChI is InChI=1S/C25H26FN3O3S/c26-20-12-10-19(11-13-20)18-27-25(30)23-8-4-5-9-24(23)29-16-14-21(15-17-29)28-33(31,32)22-6-2-1-3-7-22/h1-13,21,28H,14-18H2,(H,27,30). The number of halogens is 1. The second-order valence-corrected chi connectivity index (χ2v) is 9.74. The number of hydrogen-bond donors (Lipinski definition) is 2. The molecule has 1 saturated heterocycles. The van der Waals surface area contributed by atoms with Crippen LogP contribution in [0.1, 0.15) is 28.8 Å². The molecule has 1 amide bonds. The van der Waals surface area contributed by atoms with Gasteiger partial charge in [-0.1, -0.05) is 42.5 Å². The third-order valence-corrected chi connectivity index (χ3v) is 7.26. The third kappa shape index (κ3) is 5.77. The first-order chi connectivity index (χ1) is 15.9. The Balaban J connectivity index is 1.38. The van der Waals surface area contributed by atoms with Gasteiger partial charge in [0.1, 0.15) is 5.82 Å². The number of carbonyl (C=O) groups is 1. The Bertz CT molecular complexity index is 1190. The topological polar surface area (TPSA) is 78.5 Å². The molecule has 0 spiro atoms. The van der Waals surface area contributed by atoms with Gasteiger partial charge in [0.05, 0.1) is 10.5 Å². The van der Waals surface area contributed by atoms with Crippen molar-refractivity contribution in [1.29, 1.82) is 0 Å². The summed E-state index contributed by atoms with van der Waals surface area (Å²) in [5.74, 6) is -0.522. The molecule has 172 valence electrons. The first-order valence-electron chi connectivity index (χ1n) is 10.9. The highest BCUT2D eigenvalue weighted by Crippen LogP contribution is 2.25. The zero-order valence-corrected chi connectivity index (χ0v) is 18.9. The largest absolute Gasteiger partial charge is 0.371 e. The number of carbonyl (C=O) groups excluding carboxylic acids is 1. The van der Waals surface area contributed by atoms with Crippen molar-refractivity contribution in [1.82, 2.24) is 10.0 Å². The first-order valence-corrected chi connectivity index (χ1v) is 12.3. The summed E-state index contributed by atoms with van der Waals surface area (Å²) in [5.41, 5.74) is 2.19. The summed E-state index contributed by atoms with van der Waals surface area (Å²) in [6.07, 6.45) is 1.27. The number of para-hydroxylation sites is 1. The molecular weight excluding hydrogens is 441 g/mol. The molecule has 1 aliphatic rings. The molecule has 0 atom stereocenters. The number of amides is 1. The Labute approximate surface area is 193 Å². The molecule has 0 bridgehead atoms. The monoisotopic (exact) mass is 467 g/mol. The molecular formula is C25H26FN3O3S. The van der Waals surface area contributed by atoms with Crippen LogP contribution < -0.4 is 14.9 Å². The van der Waals surface area contributed by atoms with E-state index in [-0.39, 0.29) is 22.7 Å². The highest BCUT2D eigenvalue weighted by atomic mass is 32.2. The van der Waals surface area contributed by atoms with Crippen LogP contribution in [0.3, 0.4) is 0 Å². The Morgan fingerprint density at radius 2 is 1.55 bits per heavy atom. The lowest BCUT2D eigenvalue weighted by Gasteiger charge is -2.34. The molecule has 1 aliphatic heterocycles. The molecule has 6 nitrogen and oxygen atoms in total. The van der Waals surface area contributed by atoms with E-state index in [0.717, 1.165) is 11.3 Å². The summed E-state index contributed by atoms with van der Waals surface area (Å²) >= 11 is 0. The molecule has 1 heterocycles. The highest BCUT2D eigenvalue weighted by molar-refractivity contribution is 7.89. The number of rotatable bonds is 7. The zero-order chi connectivity index (χ0) is 23.3. The Morgan fingerprint density at radius 1 is 0.909 bits per heavy atom. The van der Waals surface area contributed by atoms with Gasteiger partial charge in [-0.2, -0.15) is 0 Å². The van der Waals surface area contributed by atoms with Crippen molar-refractivity contribution < 1.29 is 17.6 Å². The Morgan fingerprint density at radius 3 is 2.24 bits per heavy atom. The van der Waals surface area contributed by atoms with Gasteiger partial charge in [-0.15, -0.1) is 0 Å². The van der Waals surface area contributed by atoms with E-state index in [1.165, 1.54) is 12.1 Å². The van der Waals surface area contributed by atoms with Crippen molar-refractivity contribution in [2.75, 3.05) is 18.0 Å². The molecule has 4 rings (SSSR count). The van der Waals surface area contributed by atoms with Gasteiger partial charge in [-0.05, 0) is 54.8 Å². The van der Waals surface area contributed by atoms with Gasteiger partial charge in [0.25, 0.3) is 5.91 Å². The molecule has 0 aromatic heterocycles. The van der Waals surface area contributed by atoms with E-state index in [4.69, 9.17) is 0 Å². The molecule has 3 aromatic carbocycles. The van der Waals surface area contributed by atoms with Gasteiger partial charge in [0.2, 0.25) is 10.0 Å². The van der Waals surface area contributed by atoms with Gasteiger partial charge in [-0.3, -0.25) is 4.79 Å². The van der Waals surface area contributed by atoms with E-state index in [1.54, 1.807) is 48.5 Å². The minimum absolute atomic E-state index is 0.161. The van der Waals surface area contributed by atoms with Crippen molar-refractivity contribution in [3.63, 3.8) is 0 Å². The fraction of sp³-hybridized carbons (Fsp3) is 0.240. The lowest BCUT2D eigenvalue weighted by molar-refractivity contribution is 0.0951. The average molecular weight is 468 g/mol. The van der Waals surface area contributed by atoms with Gasteiger partial charge < -0.3 is 10.2 Å². The van der Waals surface area contributed by atoms with Crippen molar-refractivity contribution >= 4 is 21.6 Å².